The highest BCUT2D eigenvalue weighted by Crippen LogP contribution is 2.30. The van der Waals surface area contributed by atoms with Crippen LogP contribution in [-0.2, 0) is 16.4 Å². The number of amides is 2. The zero-order chi connectivity index (χ0) is 19.4. The number of carbonyl (C=O) groups is 1. The van der Waals surface area contributed by atoms with E-state index in [1.807, 2.05) is 18.2 Å². The van der Waals surface area contributed by atoms with Gasteiger partial charge in [0.25, 0.3) is 0 Å². The lowest BCUT2D eigenvalue weighted by Gasteiger charge is -2.19. The van der Waals surface area contributed by atoms with Gasteiger partial charge in [0.15, 0.2) is 0 Å². The number of methoxy groups -OCH3 is 1. The van der Waals surface area contributed by atoms with Crippen LogP contribution < -0.4 is 19.7 Å². The minimum absolute atomic E-state index is 0.0181. The molecule has 0 bridgehead atoms. The fourth-order valence-electron chi connectivity index (χ4n) is 2.95. The summed E-state index contributed by atoms with van der Waals surface area (Å²) in [6, 6.07) is 11.7. The summed E-state index contributed by atoms with van der Waals surface area (Å²) in [5.41, 5.74) is 2.13. The number of hydrogen-bond donors (Lipinski definition) is 2. The summed E-state index contributed by atoms with van der Waals surface area (Å²) in [4.78, 5) is 12.1. The number of halogens is 1. The lowest BCUT2D eigenvalue weighted by molar-refractivity contribution is 0.252. The van der Waals surface area contributed by atoms with E-state index in [4.69, 9.17) is 16.3 Å². The zero-order valence-corrected chi connectivity index (χ0v) is 16.3. The van der Waals surface area contributed by atoms with Crippen molar-refractivity contribution in [3.63, 3.8) is 0 Å². The van der Waals surface area contributed by atoms with E-state index in [2.05, 4.69) is 10.6 Å². The van der Waals surface area contributed by atoms with E-state index in [0.29, 0.717) is 35.1 Å². The van der Waals surface area contributed by atoms with E-state index >= 15 is 0 Å². The number of nitrogens with zero attached hydrogens (tertiary/aromatic N) is 1. The number of rotatable bonds is 6. The van der Waals surface area contributed by atoms with Gasteiger partial charge in [0, 0.05) is 18.1 Å². The van der Waals surface area contributed by atoms with Crippen LogP contribution in [-0.4, -0.2) is 40.4 Å². The molecule has 3 rings (SSSR count). The third-order valence-corrected chi connectivity index (χ3v) is 6.24. The molecule has 144 valence electrons. The van der Waals surface area contributed by atoms with Crippen LogP contribution >= 0.6 is 11.6 Å². The molecule has 2 N–H and O–H groups in total. The quantitative estimate of drug-likeness (QED) is 0.767. The van der Waals surface area contributed by atoms with Crippen LogP contribution in [0.1, 0.15) is 5.56 Å². The first-order valence-electron chi connectivity index (χ1n) is 8.37. The molecule has 0 fully saturated rings. The molecule has 7 nitrogen and oxygen atoms in total. The van der Waals surface area contributed by atoms with Crippen molar-refractivity contribution in [3.05, 3.63) is 53.1 Å². The number of anilines is 2. The molecule has 1 aliphatic rings. The number of urea groups is 1. The third-order valence-electron chi connectivity index (χ3n) is 4.24. The normalized spacial score (nSPS) is 13.2. The molecular weight excluding hydrogens is 390 g/mol. The molecule has 9 heteroatoms. The standard InChI is InChI=1S/C18H20ClN3O4S/c1-26-17-7-6-14(19)12-15(17)21-18(23)20-9-11-27(24,25)22-10-8-13-4-2-3-5-16(13)22/h2-7,12H,8-11H2,1H3,(H2,20,21,23). The number of carbonyl (C=O) groups excluding carboxylic acids is 1. The van der Waals surface area contributed by atoms with Gasteiger partial charge in [0.1, 0.15) is 5.75 Å². The van der Waals surface area contributed by atoms with Crippen molar-refractivity contribution in [2.45, 2.75) is 6.42 Å². The number of ether oxygens (including phenoxy) is 1. The summed E-state index contributed by atoms with van der Waals surface area (Å²) in [6.07, 6.45) is 0.692. The van der Waals surface area contributed by atoms with Crippen LogP contribution in [0.2, 0.25) is 5.02 Å². The maximum absolute atomic E-state index is 12.6. The molecule has 2 aromatic rings. The molecule has 0 unspecified atom stereocenters. The van der Waals surface area contributed by atoms with Crippen LogP contribution in [0.5, 0.6) is 5.75 Å². The third kappa shape index (κ3) is 4.45. The van der Waals surface area contributed by atoms with Crippen molar-refractivity contribution < 1.29 is 17.9 Å². The first-order chi connectivity index (χ1) is 12.9. The van der Waals surface area contributed by atoms with Gasteiger partial charge < -0.3 is 15.4 Å². The van der Waals surface area contributed by atoms with E-state index in [0.717, 1.165) is 5.56 Å². The topological polar surface area (TPSA) is 87.7 Å². The van der Waals surface area contributed by atoms with Crippen molar-refractivity contribution in [2.24, 2.45) is 0 Å². The highest BCUT2D eigenvalue weighted by atomic mass is 35.5. The summed E-state index contributed by atoms with van der Waals surface area (Å²) in [5.74, 6) is 0.261. The molecule has 0 aromatic heterocycles. The van der Waals surface area contributed by atoms with Gasteiger partial charge in [0.2, 0.25) is 10.0 Å². The Morgan fingerprint density at radius 3 is 2.81 bits per heavy atom. The van der Waals surface area contributed by atoms with E-state index in [9.17, 15) is 13.2 Å². The molecular formula is C18H20ClN3O4S. The van der Waals surface area contributed by atoms with Gasteiger partial charge in [0.05, 0.1) is 24.2 Å². The van der Waals surface area contributed by atoms with Crippen molar-refractivity contribution in [2.75, 3.05) is 35.6 Å². The summed E-state index contributed by atoms with van der Waals surface area (Å²) < 4.78 is 31.8. The van der Waals surface area contributed by atoms with Gasteiger partial charge in [-0.05, 0) is 36.2 Å². The monoisotopic (exact) mass is 409 g/mol. The predicted molar refractivity (Wildman–Crippen MR) is 106 cm³/mol. The molecule has 1 heterocycles. The molecule has 27 heavy (non-hydrogen) atoms. The molecule has 0 spiro atoms. The Kier molecular flexibility index (Phi) is 5.76. The van der Waals surface area contributed by atoms with E-state index in [1.165, 1.54) is 11.4 Å². The number of para-hydroxylation sites is 1. The van der Waals surface area contributed by atoms with Gasteiger partial charge in [-0.2, -0.15) is 0 Å². The molecule has 0 saturated carbocycles. The van der Waals surface area contributed by atoms with Crippen molar-refractivity contribution >= 4 is 39.0 Å². The molecule has 0 aliphatic carbocycles. The molecule has 2 amide bonds. The predicted octanol–water partition coefficient (Wildman–Crippen LogP) is 2.86. The molecule has 0 saturated heterocycles. The largest absolute Gasteiger partial charge is 0.495 e. The summed E-state index contributed by atoms with van der Waals surface area (Å²) in [7, 11) is -2.04. The minimum Gasteiger partial charge on any atom is -0.495 e. The number of hydrogen-bond acceptors (Lipinski definition) is 4. The van der Waals surface area contributed by atoms with Crippen LogP contribution in [0.25, 0.3) is 0 Å². The van der Waals surface area contributed by atoms with Crippen molar-refractivity contribution in [1.82, 2.24) is 5.32 Å². The number of nitrogens with one attached hydrogen (secondary N) is 2. The zero-order valence-electron chi connectivity index (χ0n) is 14.7. The van der Waals surface area contributed by atoms with Crippen molar-refractivity contribution in [1.29, 1.82) is 0 Å². The van der Waals surface area contributed by atoms with E-state index in [1.54, 1.807) is 24.3 Å². The van der Waals surface area contributed by atoms with Gasteiger partial charge >= 0.3 is 6.03 Å². The minimum atomic E-state index is -3.52. The first kappa shape index (κ1) is 19.3. The Bertz CT molecular complexity index is 949. The highest BCUT2D eigenvalue weighted by molar-refractivity contribution is 7.92. The number of fused-ring (bicyclic) bond motifs is 1. The Balaban J connectivity index is 1.57. The highest BCUT2D eigenvalue weighted by Gasteiger charge is 2.28. The lowest BCUT2D eigenvalue weighted by atomic mass is 10.2. The van der Waals surface area contributed by atoms with Gasteiger partial charge in [-0.1, -0.05) is 29.8 Å². The van der Waals surface area contributed by atoms with Crippen LogP contribution in [0, 0.1) is 0 Å². The molecule has 1 aliphatic heterocycles. The fraction of sp³-hybridized carbons (Fsp3) is 0.278. The number of sulfonamides is 1. The lowest BCUT2D eigenvalue weighted by Crippen LogP contribution is -2.38. The van der Waals surface area contributed by atoms with Crippen LogP contribution in [0.3, 0.4) is 0 Å². The maximum Gasteiger partial charge on any atom is 0.319 e. The average molecular weight is 410 g/mol. The van der Waals surface area contributed by atoms with E-state index in [-0.39, 0.29) is 12.3 Å². The first-order valence-corrected chi connectivity index (χ1v) is 10.4. The smallest absolute Gasteiger partial charge is 0.319 e. The van der Waals surface area contributed by atoms with Crippen LogP contribution in [0.15, 0.2) is 42.5 Å². The second-order valence-electron chi connectivity index (χ2n) is 5.99. The maximum atomic E-state index is 12.6. The average Bonchev–Trinajstić information content (AvgIpc) is 3.07. The summed E-state index contributed by atoms with van der Waals surface area (Å²) in [5, 5.41) is 5.60. The van der Waals surface area contributed by atoms with Gasteiger partial charge in [-0.3, -0.25) is 4.31 Å². The SMILES string of the molecule is COc1ccc(Cl)cc1NC(=O)NCCS(=O)(=O)N1CCc2ccccc21. The molecule has 2 aromatic carbocycles. The van der Waals surface area contributed by atoms with Gasteiger partial charge in [-0.15, -0.1) is 0 Å². The molecule has 0 radical (unpaired) electrons. The second-order valence-corrected chi connectivity index (χ2v) is 8.44. The fourth-order valence-corrected chi connectivity index (χ4v) is 4.54. The Hall–Kier alpha value is -2.45. The Morgan fingerprint density at radius 2 is 2.04 bits per heavy atom. The van der Waals surface area contributed by atoms with Crippen molar-refractivity contribution in [3.8, 4) is 5.75 Å². The molecule has 0 atom stereocenters. The van der Waals surface area contributed by atoms with Crippen LogP contribution in [0.4, 0.5) is 16.2 Å². The van der Waals surface area contributed by atoms with Gasteiger partial charge in [-0.25, -0.2) is 13.2 Å². The number of benzene rings is 2. The Morgan fingerprint density at radius 1 is 1.26 bits per heavy atom. The second kappa shape index (κ2) is 8.06. The Labute approximate surface area is 163 Å². The summed E-state index contributed by atoms with van der Waals surface area (Å²) >= 11 is 5.92. The van der Waals surface area contributed by atoms with E-state index < -0.39 is 16.1 Å². The summed E-state index contributed by atoms with van der Waals surface area (Å²) in [6.45, 7) is 0.406.